The largest absolute Gasteiger partial charge is 0.381 e. The predicted octanol–water partition coefficient (Wildman–Crippen LogP) is 3.90. The second-order valence-electron chi connectivity index (χ2n) is 5.41. The second kappa shape index (κ2) is 5.70. The van der Waals surface area contributed by atoms with Gasteiger partial charge in [0.05, 0.1) is 23.0 Å². The van der Waals surface area contributed by atoms with E-state index in [2.05, 4.69) is 9.55 Å². The average Bonchev–Trinajstić information content (AvgIpc) is 2.78. The summed E-state index contributed by atoms with van der Waals surface area (Å²) in [7, 11) is 0. The highest BCUT2D eigenvalue weighted by atomic mass is 35.5. The quantitative estimate of drug-likeness (QED) is 0.803. The van der Waals surface area contributed by atoms with Crippen molar-refractivity contribution in [2.75, 3.05) is 13.2 Å². The zero-order valence-electron chi connectivity index (χ0n) is 11.5. The summed E-state index contributed by atoms with van der Waals surface area (Å²) in [5.74, 6) is 1.01. The minimum absolute atomic E-state index is 0.199. The molecule has 108 valence electrons. The molecule has 3 nitrogen and oxygen atoms in total. The summed E-state index contributed by atoms with van der Waals surface area (Å²) in [6, 6.07) is 4.72. The number of fused-ring (bicyclic) bond motifs is 1. The number of imidazole rings is 1. The molecule has 1 aromatic carbocycles. The molecule has 0 spiro atoms. The zero-order valence-corrected chi connectivity index (χ0v) is 12.2. The van der Waals surface area contributed by atoms with Crippen LogP contribution in [0.5, 0.6) is 0 Å². The van der Waals surface area contributed by atoms with Gasteiger partial charge >= 0.3 is 0 Å². The Morgan fingerprint density at radius 2 is 2.40 bits per heavy atom. The Labute approximate surface area is 122 Å². The van der Waals surface area contributed by atoms with E-state index in [0.717, 1.165) is 43.9 Å². The number of benzene rings is 1. The summed E-state index contributed by atoms with van der Waals surface area (Å²) >= 11 is 6.23. The van der Waals surface area contributed by atoms with E-state index in [1.165, 1.54) is 12.1 Å². The van der Waals surface area contributed by atoms with Gasteiger partial charge in [-0.3, -0.25) is 0 Å². The molecule has 0 bridgehead atoms. The molecular formula is C15H18ClFN2O. The first kappa shape index (κ1) is 13.8. The van der Waals surface area contributed by atoms with Crippen molar-refractivity contribution in [3.05, 3.63) is 29.8 Å². The van der Waals surface area contributed by atoms with Crippen LogP contribution in [0.25, 0.3) is 11.0 Å². The first-order chi connectivity index (χ1) is 9.65. The van der Waals surface area contributed by atoms with Gasteiger partial charge < -0.3 is 9.30 Å². The van der Waals surface area contributed by atoms with Crippen LogP contribution in [0.15, 0.2) is 18.2 Å². The third-order valence-electron chi connectivity index (χ3n) is 3.79. The lowest BCUT2D eigenvalue weighted by molar-refractivity contribution is 0.0485. The van der Waals surface area contributed by atoms with Crippen LogP contribution in [-0.4, -0.2) is 22.8 Å². The zero-order chi connectivity index (χ0) is 14.1. The monoisotopic (exact) mass is 296 g/mol. The molecule has 1 aliphatic rings. The van der Waals surface area contributed by atoms with Crippen LogP contribution in [0.1, 0.15) is 31.0 Å². The first-order valence-electron chi connectivity index (χ1n) is 7.02. The van der Waals surface area contributed by atoms with E-state index in [-0.39, 0.29) is 11.2 Å². The third-order valence-corrected chi connectivity index (χ3v) is 3.99. The van der Waals surface area contributed by atoms with Crippen molar-refractivity contribution in [2.45, 2.75) is 31.7 Å². The normalized spacial score (nSPS) is 21.2. The molecule has 0 aliphatic carbocycles. The maximum Gasteiger partial charge on any atom is 0.127 e. The molecule has 1 fully saturated rings. The van der Waals surface area contributed by atoms with Crippen LogP contribution in [0.3, 0.4) is 0 Å². The van der Waals surface area contributed by atoms with E-state index in [1.54, 1.807) is 6.07 Å². The number of ether oxygens (including phenoxy) is 1. The number of alkyl halides is 1. The average molecular weight is 297 g/mol. The summed E-state index contributed by atoms with van der Waals surface area (Å²) in [6.07, 6.45) is 2.24. The van der Waals surface area contributed by atoms with E-state index < -0.39 is 0 Å². The molecule has 1 saturated heterocycles. The van der Waals surface area contributed by atoms with E-state index in [9.17, 15) is 4.39 Å². The smallest absolute Gasteiger partial charge is 0.127 e. The summed E-state index contributed by atoms with van der Waals surface area (Å²) in [5, 5.41) is -0.199. The fourth-order valence-corrected chi connectivity index (χ4v) is 2.99. The van der Waals surface area contributed by atoms with Crippen LogP contribution in [0.2, 0.25) is 0 Å². The Morgan fingerprint density at radius 3 is 3.10 bits per heavy atom. The molecule has 2 aromatic rings. The molecule has 3 rings (SSSR count). The lowest BCUT2D eigenvalue weighted by atomic mass is 10.0. The number of hydrogen-bond acceptors (Lipinski definition) is 2. The van der Waals surface area contributed by atoms with Crippen molar-refractivity contribution in [2.24, 2.45) is 5.92 Å². The van der Waals surface area contributed by atoms with Crippen LogP contribution in [-0.2, 0) is 11.3 Å². The van der Waals surface area contributed by atoms with Gasteiger partial charge in [-0.15, -0.1) is 11.6 Å². The summed E-state index contributed by atoms with van der Waals surface area (Å²) < 4.78 is 21.0. The van der Waals surface area contributed by atoms with E-state index in [0.29, 0.717) is 11.4 Å². The van der Waals surface area contributed by atoms with Crippen molar-refractivity contribution in [1.29, 1.82) is 0 Å². The fourth-order valence-electron chi connectivity index (χ4n) is 2.83. The Balaban J connectivity index is 1.99. The number of aromatic nitrogens is 2. The van der Waals surface area contributed by atoms with Crippen molar-refractivity contribution in [3.63, 3.8) is 0 Å². The molecule has 0 saturated carbocycles. The Morgan fingerprint density at radius 1 is 1.55 bits per heavy atom. The lowest BCUT2D eigenvalue weighted by Gasteiger charge is -2.23. The van der Waals surface area contributed by atoms with Crippen molar-refractivity contribution in [3.8, 4) is 0 Å². The Kier molecular flexibility index (Phi) is 3.94. The molecule has 2 atom stereocenters. The van der Waals surface area contributed by atoms with Gasteiger partial charge in [0.2, 0.25) is 0 Å². The SMILES string of the molecule is CC(Cl)c1nc2cc(F)ccc2n1CC1CCCOC1. The van der Waals surface area contributed by atoms with Gasteiger partial charge in [0, 0.05) is 25.1 Å². The molecule has 0 N–H and O–H groups in total. The van der Waals surface area contributed by atoms with Crippen LogP contribution in [0.4, 0.5) is 4.39 Å². The summed E-state index contributed by atoms with van der Waals surface area (Å²) in [5.41, 5.74) is 1.61. The highest BCUT2D eigenvalue weighted by Gasteiger charge is 2.20. The molecule has 2 heterocycles. The fraction of sp³-hybridized carbons (Fsp3) is 0.533. The maximum atomic E-state index is 13.3. The highest BCUT2D eigenvalue weighted by Crippen LogP contribution is 2.27. The first-order valence-corrected chi connectivity index (χ1v) is 7.46. The molecule has 0 radical (unpaired) electrons. The van der Waals surface area contributed by atoms with E-state index in [1.807, 2.05) is 6.92 Å². The molecule has 5 heteroatoms. The lowest BCUT2D eigenvalue weighted by Crippen LogP contribution is -2.23. The van der Waals surface area contributed by atoms with Crippen molar-refractivity contribution < 1.29 is 9.13 Å². The molecule has 20 heavy (non-hydrogen) atoms. The highest BCUT2D eigenvalue weighted by molar-refractivity contribution is 6.20. The van der Waals surface area contributed by atoms with Gasteiger partial charge in [-0.25, -0.2) is 9.37 Å². The molecular weight excluding hydrogens is 279 g/mol. The topological polar surface area (TPSA) is 27.1 Å². The Bertz CT molecular complexity index is 605. The van der Waals surface area contributed by atoms with Crippen molar-refractivity contribution in [1.82, 2.24) is 9.55 Å². The van der Waals surface area contributed by atoms with Gasteiger partial charge in [0.25, 0.3) is 0 Å². The minimum atomic E-state index is -0.267. The van der Waals surface area contributed by atoms with Crippen LogP contribution < -0.4 is 0 Å². The summed E-state index contributed by atoms with van der Waals surface area (Å²) in [4.78, 5) is 4.49. The number of nitrogens with zero attached hydrogens (tertiary/aromatic N) is 2. The molecule has 2 unspecified atom stereocenters. The number of halogens is 2. The van der Waals surface area contributed by atoms with Crippen molar-refractivity contribution >= 4 is 22.6 Å². The molecule has 1 aromatic heterocycles. The maximum absolute atomic E-state index is 13.3. The predicted molar refractivity (Wildman–Crippen MR) is 77.5 cm³/mol. The minimum Gasteiger partial charge on any atom is -0.381 e. The van der Waals surface area contributed by atoms with E-state index >= 15 is 0 Å². The van der Waals surface area contributed by atoms with Gasteiger partial charge in [0.15, 0.2) is 0 Å². The number of rotatable bonds is 3. The van der Waals surface area contributed by atoms with Crippen LogP contribution >= 0.6 is 11.6 Å². The molecule has 0 amide bonds. The van der Waals surface area contributed by atoms with Gasteiger partial charge in [-0.05, 0) is 31.9 Å². The molecule has 1 aliphatic heterocycles. The second-order valence-corrected chi connectivity index (χ2v) is 6.07. The van der Waals surface area contributed by atoms with Gasteiger partial charge in [-0.1, -0.05) is 0 Å². The van der Waals surface area contributed by atoms with Gasteiger partial charge in [0.1, 0.15) is 11.6 Å². The van der Waals surface area contributed by atoms with Gasteiger partial charge in [-0.2, -0.15) is 0 Å². The summed E-state index contributed by atoms with van der Waals surface area (Å²) in [6.45, 7) is 4.35. The van der Waals surface area contributed by atoms with Crippen LogP contribution in [0, 0.1) is 11.7 Å². The van der Waals surface area contributed by atoms with E-state index in [4.69, 9.17) is 16.3 Å². The Hall–Kier alpha value is -1.13. The standard InChI is InChI=1S/C15H18ClFN2O/c1-10(16)15-18-13-7-12(17)4-5-14(13)19(15)8-11-3-2-6-20-9-11/h4-5,7,10-11H,2-3,6,8-9H2,1H3. The number of hydrogen-bond donors (Lipinski definition) is 0. The third kappa shape index (κ3) is 2.67.